The van der Waals surface area contributed by atoms with Crippen molar-refractivity contribution in [1.29, 1.82) is 0 Å². The van der Waals surface area contributed by atoms with Crippen LogP contribution in [0, 0.1) is 18.8 Å². The molecule has 37 heavy (non-hydrogen) atoms. The summed E-state index contributed by atoms with van der Waals surface area (Å²) >= 11 is 0. The molecule has 7 heteroatoms. The summed E-state index contributed by atoms with van der Waals surface area (Å²) in [7, 11) is 0. The fourth-order valence-electron chi connectivity index (χ4n) is 7.67. The van der Waals surface area contributed by atoms with Crippen molar-refractivity contribution in [2.24, 2.45) is 11.8 Å². The molecule has 8 rings (SSSR count). The maximum Gasteiger partial charge on any atom is 0.266 e. The van der Waals surface area contributed by atoms with E-state index in [9.17, 15) is 14.4 Å². The van der Waals surface area contributed by atoms with E-state index in [1.165, 1.54) is 4.90 Å². The second kappa shape index (κ2) is 7.01. The van der Waals surface area contributed by atoms with Crippen molar-refractivity contribution in [2.45, 2.75) is 31.3 Å². The van der Waals surface area contributed by atoms with Crippen LogP contribution in [0.2, 0.25) is 0 Å². The van der Waals surface area contributed by atoms with Crippen LogP contribution in [0.5, 0.6) is 0 Å². The molecule has 0 bridgehead atoms. The first kappa shape index (κ1) is 21.0. The van der Waals surface area contributed by atoms with Gasteiger partial charge in [-0.25, -0.2) is 9.88 Å². The van der Waals surface area contributed by atoms with Crippen LogP contribution in [0.25, 0.3) is 16.6 Å². The van der Waals surface area contributed by atoms with E-state index in [-0.39, 0.29) is 23.4 Å². The van der Waals surface area contributed by atoms with Crippen LogP contribution in [-0.2, 0) is 15.1 Å². The van der Waals surface area contributed by atoms with E-state index in [4.69, 9.17) is 4.98 Å². The van der Waals surface area contributed by atoms with E-state index < -0.39 is 17.4 Å². The maximum atomic E-state index is 14.5. The van der Waals surface area contributed by atoms with E-state index in [0.717, 1.165) is 36.2 Å². The zero-order valence-corrected chi connectivity index (χ0v) is 20.3. The molecule has 0 radical (unpaired) electrons. The quantitative estimate of drug-likeness (QED) is 0.383. The third-order valence-electron chi connectivity index (χ3n) is 9.00. The van der Waals surface area contributed by atoms with Gasteiger partial charge in [0.05, 0.1) is 34.1 Å². The Kier molecular flexibility index (Phi) is 3.99. The number of carbonyl (C=O) groups excluding carboxylic acids is 2. The molecule has 0 saturated carbocycles. The van der Waals surface area contributed by atoms with Gasteiger partial charge in [0, 0.05) is 11.6 Å². The summed E-state index contributed by atoms with van der Waals surface area (Å²) < 4.78 is 1.70. The number of aryl methyl sites for hydroxylation is 1. The van der Waals surface area contributed by atoms with E-state index in [1.807, 2.05) is 73.7 Å². The van der Waals surface area contributed by atoms with Gasteiger partial charge in [-0.2, -0.15) is 0 Å². The minimum Gasteiger partial charge on any atom is -0.283 e. The van der Waals surface area contributed by atoms with Gasteiger partial charge in [0.2, 0.25) is 11.8 Å². The summed E-state index contributed by atoms with van der Waals surface area (Å²) in [4.78, 5) is 51.4. The van der Waals surface area contributed by atoms with Crippen LogP contribution < -0.4 is 10.5 Å². The van der Waals surface area contributed by atoms with Crippen molar-refractivity contribution in [3.8, 4) is 5.69 Å². The van der Waals surface area contributed by atoms with Gasteiger partial charge in [0.1, 0.15) is 11.4 Å². The van der Waals surface area contributed by atoms with Crippen LogP contribution >= 0.6 is 0 Å². The second-order valence-corrected chi connectivity index (χ2v) is 10.6. The largest absolute Gasteiger partial charge is 0.283 e. The highest BCUT2D eigenvalue weighted by Gasteiger charge is 2.73. The van der Waals surface area contributed by atoms with Crippen LogP contribution in [0.4, 0.5) is 5.69 Å². The molecule has 3 aromatic carbocycles. The predicted octanol–water partition coefficient (Wildman–Crippen LogP) is 3.53. The lowest BCUT2D eigenvalue weighted by atomic mass is 9.75. The minimum atomic E-state index is -0.976. The number of hydrogen-bond donors (Lipinski definition) is 0. The molecule has 3 saturated heterocycles. The lowest BCUT2D eigenvalue weighted by Crippen LogP contribution is -2.51. The third-order valence-corrected chi connectivity index (χ3v) is 9.00. The van der Waals surface area contributed by atoms with Gasteiger partial charge in [-0.3, -0.25) is 23.9 Å². The Morgan fingerprint density at radius 2 is 1.59 bits per heavy atom. The first-order chi connectivity index (χ1) is 18.0. The van der Waals surface area contributed by atoms with Crippen LogP contribution in [-0.4, -0.2) is 38.9 Å². The smallest absolute Gasteiger partial charge is 0.266 e. The molecule has 182 valence electrons. The van der Waals surface area contributed by atoms with Gasteiger partial charge in [-0.15, -0.1) is 0 Å². The van der Waals surface area contributed by atoms with E-state index in [0.29, 0.717) is 22.4 Å². The molecule has 7 nitrogen and oxygen atoms in total. The number of fused-ring (bicyclic) bond motifs is 11. The molecule has 2 amide bonds. The van der Waals surface area contributed by atoms with Crippen molar-refractivity contribution in [3.63, 3.8) is 0 Å². The van der Waals surface area contributed by atoms with Gasteiger partial charge >= 0.3 is 0 Å². The minimum absolute atomic E-state index is 0.0848. The first-order valence-corrected chi connectivity index (χ1v) is 12.9. The summed E-state index contributed by atoms with van der Waals surface area (Å²) in [6.07, 6.45) is 1.77. The Morgan fingerprint density at radius 1 is 0.865 bits per heavy atom. The number of amides is 2. The number of hydrogen-bond acceptors (Lipinski definition) is 5. The Hall–Kier alpha value is -4.10. The fourth-order valence-corrected chi connectivity index (χ4v) is 7.67. The Balaban J connectivity index is 1.46. The first-order valence-electron chi connectivity index (χ1n) is 12.9. The average molecular weight is 489 g/mol. The summed E-state index contributed by atoms with van der Waals surface area (Å²) in [6.45, 7) is 2.68. The monoisotopic (exact) mass is 488 g/mol. The Labute approximate surface area is 213 Å². The zero-order valence-electron chi connectivity index (χ0n) is 20.3. The van der Waals surface area contributed by atoms with Crippen molar-refractivity contribution in [2.75, 3.05) is 11.4 Å². The van der Waals surface area contributed by atoms with E-state index >= 15 is 0 Å². The fraction of sp³-hybridized carbons (Fsp3) is 0.267. The number of carbonyl (C=O) groups is 2. The molecule has 4 aliphatic rings. The van der Waals surface area contributed by atoms with Crippen molar-refractivity contribution >= 4 is 28.4 Å². The average Bonchev–Trinajstić information content (AvgIpc) is 3.62. The molecule has 4 aliphatic heterocycles. The van der Waals surface area contributed by atoms with Crippen LogP contribution in [0.1, 0.15) is 29.8 Å². The maximum absolute atomic E-state index is 14.5. The molecule has 4 atom stereocenters. The highest BCUT2D eigenvalue weighted by molar-refractivity contribution is 6.23. The van der Waals surface area contributed by atoms with Gasteiger partial charge in [0.15, 0.2) is 0 Å². The molecule has 1 aromatic heterocycles. The second-order valence-electron chi connectivity index (χ2n) is 10.6. The molecular formula is C30H24N4O3. The molecular weight excluding hydrogens is 464 g/mol. The number of para-hydroxylation sites is 3. The summed E-state index contributed by atoms with van der Waals surface area (Å²) in [5.74, 6) is -0.934. The van der Waals surface area contributed by atoms with Crippen LogP contribution in [0.15, 0.2) is 77.6 Å². The standard InChI is InChI=1S/C30H24N4O3/c1-17-9-2-6-13-21(17)33-27(36)24-23-15-8-16-32(23)30(25(24)28(33)37)19-11-4-7-14-22(19)34-26(35)18-10-3-5-12-20(18)31-29(30)34/h2-7,9-14,23-25H,8,15-16H2,1H3/t23-,24-,25-,30+/m0/s1. The number of anilines is 1. The highest BCUT2D eigenvalue weighted by Crippen LogP contribution is 2.62. The predicted molar refractivity (Wildman–Crippen MR) is 138 cm³/mol. The lowest BCUT2D eigenvalue weighted by molar-refractivity contribution is -0.124. The topological polar surface area (TPSA) is 75.5 Å². The normalized spacial score (nSPS) is 27.7. The highest BCUT2D eigenvalue weighted by atomic mass is 16.2. The number of imide groups is 1. The summed E-state index contributed by atoms with van der Waals surface area (Å²) in [5.41, 5.74) is 2.66. The summed E-state index contributed by atoms with van der Waals surface area (Å²) in [5, 5.41) is 0.543. The number of aromatic nitrogens is 2. The van der Waals surface area contributed by atoms with Gasteiger partial charge in [-0.1, -0.05) is 48.5 Å². The summed E-state index contributed by atoms with van der Waals surface area (Å²) in [6, 6.07) is 22.6. The van der Waals surface area contributed by atoms with Gasteiger partial charge in [0.25, 0.3) is 5.56 Å². The van der Waals surface area contributed by atoms with Crippen molar-refractivity contribution in [1.82, 2.24) is 14.5 Å². The molecule has 0 aliphatic carbocycles. The molecule has 3 fully saturated rings. The van der Waals surface area contributed by atoms with Crippen molar-refractivity contribution in [3.05, 3.63) is 100 Å². The molecule has 4 aromatic rings. The molecule has 0 N–H and O–H groups in total. The molecule has 0 unspecified atom stereocenters. The number of nitrogens with zero attached hydrogens (tertiary/aromatic N) is 4. The molecule has 5 heterocycles. The lowest BCUT2D eigenvalue weighted by Gasteiger charge is -2.38. The van der Waals surface area contributed by atoms with E-state index in [1.54, 1.807) is 10.6 Å². The molecule has 1 spiro atoms. The van der Waals surface area contributed by atoms with Crippen molar-refractivity contribution < 1.29 is 9.59 Å². The zero-order chi connectivity index (χ0) is 25.1. The van der Waals surface area contributed by atoms with Gasteiger partial charge in [-0.05, 0) is 56.1 Å². The SMILES string of the molecule is Cc1ccccc1N1C(=O)[C@@H]2[C@@H](C1=O)[C@@]1(c3ccccc3-n3c1nc1ccccc1c3=O)N1CCC[C@@H]21. The Morgan fingerprint density at radius 3 is 2.43 bits per heavy atom. The van der Waals surface area contributed by atoms with Crippen LogP contribution in [0.3, 0.4) is 0 Å². The Bertz CT molecular complexity index is 1740. The van der Waals surface area contributed by atoms with E-state index in [2.05, 4.69) is 4.90 Å². The number of rotatable bonds is 1. The number of benzene rings is 3. The third kappa shape index (κ3) is 2.32. The van der Waals surface area contributed by atoms with Gasteiger partial charge < -0.3 is 0 Å².